The van der Waals surface area contributed by atoms with Crippen LogP contribution in [0.15, 0.2) is 12.5 Å². The zero-order chi connectivity index (χ0) is 21.2. The van der Waals surface area contributed by atoms with E-state index in [-0.39, 0.29) is 17.7 Å². The molecule has 2 aromatic rings. The summed E-state index contributed by atoms with van der Waals surface area (Å²) in [6.45, 7) is 14.3. The fourth-order valence-electron chi connectivity index (χ4n) is 3.55. The standard InChI is InChI=1S/C21H34N4O3S/c1-8-25-10-14(17-18(25)19(24-13-23-17)28-20(2,3)4)9-22-15(12-29-7)16-11-26-21(5,6)27-16/h10,13,15-16,22H,8-9,11-12H2,1-7H3/t15-,16-/m1/s1. The summed E-state index contributed by atoms with van der Waals surface area (Å²) in [6.07, 6.45) is 5.88. The van der Waals surface area contributed by atoms with Crippen molar-refractivity contribution in [3.05, 3.63) is 18.1 Å². The van der Waals surface area contributed by atoms with Gasteiger partial charge < -0.3 is 24.1 Å². The van der Waals surface area contributed by atoms with Crippen LogP contribution in [0.5, 0.6) is 5.88 Å². The molecule has 1 saturated heterocycles. The number of hydrogen-bond donors (Lipinski definition) is 1. The van der Waals surface area contributed by atoms with Gasteiger partial charge in [-0.2, -0.15) is 16.7 Å². The monoisotopic (exact) mass is 422 g/mol. The first-order valence-corrected chi connectivity index (χ1v) is 11.6. The molecule has 0 bridgehead atoms. The Hall–Kier alpha value is -1.35. The number of fused-ring (bicyclic) bond motifs is 1. The third-order valence-electron chi connectivity index (χ3n) is 4.82. The summed E-state index contributed by atoms with van der Waals surface area (Å²) in [6, 6.07) is 0.193. The lowest BCUT2D eigenvalue weighted by atomic mass is 10.2. The summed E-state index contributed by atoms with van der Waals surface area (Å²) in [5.41, 5.74) is 2.69. The second kappa shape index (κ2) is 8.79. The summed E-state index contributed by atoms with van der Waals surface area (Å²) >= 11 is 1.81. The smallest absolute Gasteiger partial charge is 0.242 e. The average molecular weight is 423 g/mol. The third kappa shape index (κ3) is 5.42. The predicted octanol–water partition coefficient (Wildman–Crippen LogP) is 3.60. The van der Waals surface area contributed by atoms with Crippen LogP contribution < -0.4 is 10.1 Å². The molecule has 2 atom stereocenters. The molecule has 8 heteroatoms. The van der Waals surface area contributed by atoms with Crippen LogP contribution in [0.3, 0.4) is 0 Å². The highest BCUT2D eigenvalue weighted by Crippen LogP contribution is 2.29. The molecule has 7 nitrogen and oxygen atoms in total. The Bertz CT molecular complexity index is 831. The molecule has 0 amide bonds. The number of nitrogens with zero attached hydrogens (tertiary/aromatic N) is 3. The largest absolute Gasteiger partial charge is 0.470 e. The number of thioether (sulfide) groups is 1. The Kier molecular flexibility index (Phi) is 6.77. The maximum atomic E-state index is 6.11. The summed E-state index contributed by atoms with van der Waals surface area (Å²) in [5, 5.41) is 3.67. The van der Waals surface area contributed by atoms with E-state index in [1.807, 2.05) is 34.6 Å². The zero-order valence-electron chi connectivity index (χ0n) is 18.6. The Labute approximate surface area is 177 Å². The molecule has 1 aliphatic heterocycles. The van der Waals surface area contributed by atoms with E-state index in [9.17, 15) is 0 Å². The lowest BCUT2D eigenvalue weighted by Crippen LogP contribution is -2.43. The quantitative estimate of drug-likeness (QED) is 0.697. The summed E-state index contributed by atoms with van der Waals surface area (Å²) in [4.78, 5) is 8.98. The van der Waals surface area contributed by atoms with Gasteiger partial charge in [0.15, 0.2) is 5.79 Å². The van der Waals surface area contributed by atoms with E-state index in [4.69, 9.17) is 14.2 Å². The minimum atomic E-state index is -0.520. The van der Waals surface area contributed by atoms with Gasteiger partial charge in [-0.1, -0.05) is 0 Å². The van der Waals surface area contributed by atoms with E-state index in [1.165, 1.54) is 0 Å². The van der Waals surface area contributed by atoms with Crippen molar-refractivity contribution in [2.75, 3.05) is 18.6 Å². The number of hydrogen-bond acceptors (Lipinski definition) is 7. The molecule has 0 aromatic carbocycles. The van der Waals surface area contributed by atoms with Crippen molar-refractivity contribution in [3.63, 3.8) is 0 Å². The lowest BCUT2D eigenvalue weighted by molar-refractivity contribution is -0.141. The summed E-state index contributed by atoms with van der Waals surface area (Å²) < 4.78 is 20.1. The highest BCUT2D eigenvalue weighted by Gasteiger charge is 2.37. The van der Waals surface area contributed by atoms with Gasteiger partial charge in [0, 0.05) is 36.6 Å². The van der Waals surface area contributed by atoms with Gasteiger partial charge in [-0.3, -0.25) is 0 Å². The minimum Gasteiger partial charge on any atom is -0.470 e. The Balaban J connectivity index is 1.83. The van der Waals surface area contributed by atoms with Gasteiger partial charge in [0.25, 0.3) is 0 Å². The van der Waals surface area contributed by atoms with Gasteiger partial charge >= 0.3 is 0 Å². The molecule has 0 unspecified atom stereocenters. The molecule has 3 heterocycles. The van der Waals surface area contributed by atoms with Crippen molar-refractivity contribution in [1.82, 2.24) is 19.9 Å². The van der Waals surface area contributed by atoms with Crippen LogP contribution in [0.25, 0.3) is 11.0 Å². The molecule has 0 radical (unpaired) electrons. The molecule has 0 spiro atoms. The van der Waals surface area contributed by atoms with E-state index in [0.29, 0.717) is 19.0 Å². The van der Waals surface area contributed by atoms with Crippen LogP contribution in [-0.2, 0) is 22.6 Å². The van der Waals surface area contributed by atoms with Gasteiger partial charge in [0.1, 0.15) is 29.1 Å². The first-order chi connectivity index (χ1) is 13.6. The Morgan fingerprint density at radius 3 is 2.72 bits per heavy atom. The molecule has 3 rings (SSSR count). The number of aromatic nitrogens is 3. The van der Waals surface area contributed by atoms with Crippen molar-refractivity contribution in [2.24, 2.45) is 0 Å². The van der Waals surface area contributed by atoms with Gasteiger partial charge in [-0.05, 0) is 47.8 Å². The predicted molar refractivity (Wildman–Crippen MR) is 117 cm³/mol. The van der Waals surface area contributed by atoms with Crippen molar-refractivity contribution < 1.29 is 14.2 Å². The average Bonchev–Trinajstić information content (AvgIpc) is 3.18. The maximum absolute atomic E-state index is 6.11. The number of nitrogens with one attached hydrogen (secondary N) is 1. The second-order valence-electron chi connectivity index (χ2n) is 8.84. The summed E-state index contributed by atoms with van der Waals surface area (Å²) in [5.74, 6) is 1.06. The zero-order valence-corrected chi connectivity index (χ0v) is 19.4. The van der Waals surface area contributed by atoms with E-state index in [2.05, 4.69) is 39.2 Å². The summed E-state index contributed by atoms with van der Waals surface area (Å²) in [7, 11) is 0. The number of rotatable bonds is 8. The highest BCUT2D eigenvalue weighted by atomic mass is 32.2. The molecule has 0 saturated carbocycles. The van der Waals surface area contributed by atoms with E-state index in [0.717, 1.165) is 28.9 Å². The molecule has 2 aromatic heterocycles. The molecule has 0 aliphatic carbocycles. The molecule has 1 fully saturated rings. The fourth-order valence-corrected chi connectivity index (χ4v) is 4.24. The molecular formula is C21H34N4O3S. The first-order valence-electron chi connectivity index (χ1n) is 10.2. The maximum Gasteiger partial charge on any atom is 0.242 e. The second-order valence-corrected chi connectivity index (χ2v) is 9.75. The van der Waals surface area contributed by atoms with E-state index in [1.54, 1.807) is 18.1 Å². The molecule has 162 valence electrons. The number of ether oxygens (including phenoxy) is 3. The van der Waals surface area contributed by atoms with Gasteiger partial charge in [-0.15, -0.1) is 0 Å². The van der Waals surface area contributed by atoms with Crippen LogP contribution in [0.4, 0.5) is 0 Å². The highest BCUT2D eigenvalue weighted by molar-refractivity contribution is 7.98. The van der Waals surface area contributed by atoms with Crippen LogP contribution in [0.2, 0.25) is 0 Å². The van der Waals surface area contributed by atoms with E-state index >= 15 is 0 Å². The van der Waals surface area contributed by atoms with Crippen LogP contribution in [0, 0.1) is 0 Å². The normalized spacial score (nSPS) is 20.3. The van der Waals surface area contributed by atoms with Gasteiger partial charge in [0.2, 0.25) is 5.88 Å². The topological polar surface area (TPSA) is 70.4 Å². The van der Waals surface area contributed by atoms with Gasteiger partial charge in [-0.25, -0.2) is 4.98 Å². The SMILES string of the molecule is CCn1cc(CN[C@H](CSC)[C@H]2COC(C)(C)O2)c2ncnc(OC(C)(C)C)c21. The molecule has 1 aliphatic rings. The minimum absolute atomic E-state index is 0.0337. The first kappa shape index (κ1) is 22.3. The fraction of sp³-hybridized carbons (Fsp3) is 0.714. The van der Waals surface area contributed by atoms with E-state index < -0.39 is 5.79 Å². The van der Waals surface area contributed by atoms with Crippen molar-refractivity contribution in [3.8, 4) is 5.88 Å². The van der Waals surface area contributed by atoms with Crippen molar-refractivity contribution in [2.45, 2.75) is 78.2 Å². The third-order valence-corrected chi connectivity index (χ3v) is 5.51. The lowest BCUT2D eigenvalue weighted by Gasteiger charge is -2.24. The molecular weight excluding hydrogens is 388 g/mol. The Morgan fingerprint density at radius 2 is 2.14 bits per heavy atom. The number of aryl methyl sites for hydroxylation is 1. The van der Waals surface area contributed by atoms with Crippen molar-refractivity contribution >= 4 is 22.8 Å². The van der Waals surface area contributed by atoms with Crippen LogP contribution >= 0.6 is 11.8 Å². The van der Waals surface area contributed by atoms with Crippen molar-refractivity contribution in [1.29, 1.82) is 0 Å². The molecule has 29 heavy (non-hydrogen) atoms. The van der Waals surface area contributed by atoms with Gasteiger partial charge in [0.05, 0.1) is 6.61 Å². The molecule has 1 N–H and O–H groups in total. The van der Waals surface area contributed by atoms with Crippen LogP contribution in [-0.4, -0.2) is 56.7 Å². The Morgan fingerprint density at radius 1 is 1.38 bits per heavy atom. The van der Waals surface area contributed by atoms with Crippen LogP contribution in [0.1, 0.15) is 47.1 Å².